The summed E-state index contributed by atoms with van der Waals surface area (Å²) >= 11 is 0. The molecule has 114 valence electrons. The molecule has 1 N–H and O–H groups in total. The second-order valence-corrected chi connectivity index (χ2v) is 6.13. The Labute approximate surface area is 126 Å². The summed E-state index contributed by atoms with van der Waals surface area (Å²) in [5.41, 5.74) is 1.24. The summed E-state index contributed by atoms with van der Waals surface area (Å²) in [5.74, 6) is 1.69. The molecule has 3 rings (SSSR count). The van der Waals surface area contributed by atoms with Crippen LogP contribution in [0.5, 0.6) is 5.75 Å². The van der Waals surface area contributed by atoms with Gasteiger partial charge >= 0.3 is 6.03 Å². The van der Waals surface area contributed by atoms with Crippen LogP contribution in [0.4, 0.5) is 4.79 Å². The number of hydrogen-bond donors (Lipinski definition) is 1. The van der Waals surface area contributed by atoms with Crippen LogP contribution in [0.15, 0.2) is 24.3 Å². The van der Waals surface area contributed by atoms with Crippen LogP contribution < -0.4 is 10.1 Å². The average molecular weight is 288 g/mol. The van der Waals surface area contributed by atoms with Crippen molar-refractivity contribution < 1.29 is 9.53 Å². The third-order valence-corrected chi connectivity index (χ3v) is 4.15. The fraction of sp³-hybridized carbons (Fsp3) is 0.588. The summed E-state index contributed by atoms with van der Waals surface area (Å²) < 4.78 is 5.86. The molecule has 1 unspecified atom stereocenters. The lowest BCUT2D eigenvalue weighted by atomic mass is 10.1. The molecule has 4 nitrogen and oxygen atoms in total. The van der Waals surface area contributed by atoms with Gasteiger partial charge in [-0.05, 0) is 36.8 Å². The molecule has 0 radical (unpaired) electrons. The average Bonchev–Trinajstić information content (AvgIpc) is 3.21. The van der Waals surface area contributed by atoms with E-state index in [1.54, 1.807) is 0 Å². The lowest BCUT2D eigenvalue weighted by molar-refractivity contribution is 0.182. The molecule has 1 fully saturated rings. The zero-order valence-corrected chi connectivity index (χ0v) is 12.7. The predicted molar refractivity (Wildman–Crippen MR) is 82.5 cm³/mol. The van der Waals surface area contributed by atoms with Crippen molar-refractivity contribution in [2.45, 2.75) is 38.7 Å². The van der Waals surface area contributed by atoms with Crippen LogP contribution in [-0.4, -0.2) is 36.7 Å². The second-order valence-electron chi connectivity index (χ2n) is 6.13. The van der Waals surface area contributed by atoms with Crippen molar-refractivity contribution in [1.29, 1.82) is 0 Å². The van der Waals surface area contributed by atoms with Crippen molar-refractivity contribution >= 4 is 6.03 Å². The first-order chi connectivity index (χ1) is 10.3. The van der Waals surface area contributed by atoms with E-state index in [0.29, 0.717) is 6.54 Å². The number of urea groups is 1. The number of nitrogens with one attached hydrogen (secondary N) is 1. The van der Waals surface area contributed by atoms with E-state index < -0.39 is 0 Å². The summed E-state index contributed by atoms with van der Waals surface area (Å²) in [6.45, 7) is 4.45. The minimum absolute atomic E-state index is 0.0586. The third-order valence-electron chi connectivity index (χ3n) is 4.15. The van der Waals surface area contributed by atoms with Gasteiger partial charge in [0.05, 0.1) is 6.54 Å². The number of amides is 2. The molecular formula is C17H24N2O2. The molecule has 21 heavy (non-hydrogen) atoms. The molecule has 2 amide bonds. The van der Waals surface area contributed by atoms with Gasteiger partial charge in [-0.1, -0.05) is 25.1 Å². The Morgan fingerprint density at radius 1 is 1.38 bits per heavy atom. The number of benzene rings is 1. The normalized spacial score (nSPS) is 19.8. The molecule has 0 aromatic heterocycles. The standard InChI is InChI=1S/C17H24N2O2/c1-2-9-19(12-13-7-8-13)17(20)18-11-15-10-14-5-3-4-6-16(14)21-15/h3-6,13,15H,2,7-12H2,1H3,(H,18,20). The number of nitrogens with zero attached hydrogens (tertiary/aromatic N) is 1. The number of ether oxygens (including phenoxy) is 1. The minimum atomic E-state index is 0.0586. The Bertz CT molecular complexity index is 474. The van der Waals surface area contributed by atoms with E-state index in [0.717, 1.165) is 37.6 Å². The Balaban J connectivity index is 1.47. The highest BCUT2D eigenvalue weighted by Gasteiger charge is 2.27. The lowest BCUT2D eigenvalue weighted by Crippen LogP contribution is -2.44. The summed E-state index contributed by atoms with van der Waals surface area (Å²) in [6.07, 6.45) is 4.50. The molecule has 1 heterocycles. The van der Waals surface area contributed by atoms with Crippen LogP contribution in [0, 0.1) is 5.92 Å². The molecule has 0 bridgehead atoms. The first-order valence-corrected chi connectivity index (χ1v) is 8.03. The first-order valence-electron chi connectivity index (χ1n) is 8.03. The van der Waals surface area contributed by atoms with Crippen LogP contribution in [-0.2, 0) is 6.42 Å². The van der Waals surface area contributed by atoms with E-state index in [4.69, 9.17) is 4.74 Å². The highest BCUT2D eigenvalue weighted by Crippen LogP contribution is 2.30. The second kappa shape index (κ2) is 6.37. The van der Waals surface area contributed by atoms with Gasteiger partial charge in [-0.3, -0.25) is 0 Å². The smallest absolute Gasteiger partial charge is 0.317 e. The number of carbonyl (C=O) groups excluding carboxylic acids is 1. The van der Waals surface area contributed by atoms with Gasteiger partial charge in [0.25, 0.3) is 0 Å². The van der Waals surface area contributed by atoms with Gasteiger partial charge in [-0.2, -0.15) is 0 Å². The van der Waals surface area contributed by atoms with Gasteiger partial charge in [0.15, 0.2) is 0 Å². The molecule has 0 saturated heterocycles. The Hall–Kier alpha value is -1.71. The van der Waals surface area contributed by atoms with E-state index in [9.17, 15) is 4.79 Å². The minimum Gasteiger partial charge on any atom is -0.488 e. The molecule has 1 saturated carbocycles. The molecule has 1 aromatic rings. The highest BCUT2D eigenvalue weighted by atomic mass is 16.5. The SMILES string of the molecule is CCCN(CC1CC1)C(=O)NCC1Cc2ccccc2O1. The fourth-order valence-corrected chi connectivity index (χ4v) is 2.84. The first kappa shape index (κ1) is 14.2. The van der Waals surface area contributed by atoms with Gasteiger partial charge in [-0.15, -0.1) is 0 Å². The number of fused-ring (bicyclic) bond motifs is 1. The predicted octanol–water partition coefficient (Wildman–Crippen LogP) is 2.82. The van der Waals surface area contributed by atoms with Crippen LogP contribution in [0.3, 0.4) is 0 Å². The van der Waals surface area contributed by atoms with Crippen LogP contribution in [0.1, 0.15) is 31.7 Å². The Kier molecular flexibility index (Phi) is 4.32. The van der Waals surface area contributed by atoms with Gasteiger partial charge in [0.1, 0.15) is 11.9 Å². The number of carbonyl (C=O) groups is 1. The van der Waals surface area contributed by atoms with Gasteiger partial charge < -0.3 is 15.0 Å². The maximum atomic E-state index is 12.3. The summed E-state index contributed by atoms with van der Waals surface area (Å²) in [7, 11) is 0. The lowest BCUT2D eigenvalue weighted by Gasteiger charge is -2.23. The number of para-hydroxylation sites is 1. The van der Waals surface area contributed by atoms with Crippen molar-refractivity contribution in [1.82, 2.24) is 10.2 Å². The van der Waals surface area contributed by atoms with Crippen molar-refractivity contribution in [3.05, 3.63) is 29.8 Å². The molecule has 1 atom stereocenters. The van der Waals surface area contributed by atoms with E-state index in [2.05, 4.69) is 18.3 Å². The van der Waals surface area contributed by atoms with Crippen molar-refractivity contribution in [3.63, 3.8) is 0 Å². The van der Waals surface area contributed by atoms with Crippen molar-refractivity contribution in [2.24, 2.45) is 5.92 Å². The van der Waals surface area contributed by atoms with Gasteiger partial charge in [0, 0.05) is 19.5 Å². The topological polar surface area (TPSA) is 41.6 Å². The van der Waals surface area contributed by atoms with E-state index in [1.807, 2.05) is 23.1 Å². The summed E-state index contributed by atoms with van der Waals surface area (Å²) in [4.78, 5) is 14.2. The molecule has 1 aliphatic carbocycles. The largest absolute Gasteiger partial charge is 0.488 e. The maximum absolute atomic E-state index is 12.3. The molecule has 0 spiro atoms. The van der Waals surface area contributed by atoms with Crippen LogP contribution >= 0.6 is 0 Å². The molecular weight excluding hydrogens is 264 g/mol. The van der Waals surface area contributed by atoms with E-state index in [1.165, 1.54) is 18.4 Å². The summed E-state index contributed by atoms with van der Waals surface area (Å²) in [6, 6.07) is 8.16. The van der Waals surface area contributed by atoms with Crippen LogP contribution in [0.25, 0.3) is 0 Å². The zero-order valence-electron chi connectivity index (χ0n) is 12.7. The third kappa shape index (κ3) is 3.69. The Morgan fingerprint density at radius 3 is 2.90 bits per heavy atom. The molecule has 2 aliphatic rings. The van der Waals surface area contributed by atoms with Gasteiger partial charge in [0.2, 0.25) is 0 Å². The number of hydrogen-bond acceptors (Lipinski definition) is 2. The zero-order chi connectivity index (χ0) is 14.7. The summed E-state index contributed by atoms with van der Waals surface area (Å²) in [5, 5.41) is 3.04. The van der Waals surface area contributed by atoms with E-state index in [-0.39, 0.29) is 12.1 Å². The van der Waals surface area contributed by atoms with Gasteiger partial charge in [-0.25, -0.2) is 4.79 Å². The maximum Gasteiger partial charge on any atom is 0.317 e. The quantitative estimate of drug-likeness (QED) is 0.874. The van der Waals surface area contributed by atoms with Crippen molar-refractivity contribution in [2.75, 3.05) is 19.6 Å². The molecule has 4 heteroatoms. The fourth-order valence-electron chi connectivity index (χ4n) is 2.84. The van der Waals surface area contributed by atoms with Crippen LogP contribution in [0.2, 0.25) is 0 Å². The highest BCUT2D eigenvalue weighted by molar-refractivity contribution is 5.74. The monoisotopic (exact) mass is 288 g/mol. The van der Waals surface area contributed by atoms with Crippen molar-refractivity contribution in [3.8, 4) is 5.75 Å². The van der Waals surface area contributed by atoms with E-state index >= 15 is 0 Å². The number of rotatable bonds is 6. The molecule has 1 aliphatic heterocycles. The molecule has 1 aromatic carbocycles. The Morgan fingerprint density at radius 2 is 2.19 bits per heavy atom.